The maximum absolute atomic E-state index is 13.4. The largest absolute Gasteiger partial charge is 0.326 e. The van der Waals surface area contributed by atoms with Crippen LogP contribution in [-0.4, -0.2) is 16.8 Å². The van der Waals surface area contributed by atoms with E-state index >= 15 is 0 Å². The Morgan fingerprint density at radius 2 is 2.04 bits per heavy atom. The number of alkyl halides is 2. The van der Waals surface area contributed by atoms with Gasteiger partial charge in [0.25, 0.3) is 11.8 Å². The molecule has 0 unspecified atom stereocenters. The van der Waals surface area contributed by atoms with Crippen molar-refractivity contribution >= 4 is 23.2 Å². The van der Waals surface area contributed by atoms with E-state index in [9.17, 15) is 18.4 Å². The topological polar surface area (TPSA) is 71.1 Å². The van der Waals surface area contributed by atoms with Gasteiger partial charge in [0.15, 0.2) is 0 Å². The van der Waals surface area contributed by atoms with Crippen LogP contribution in [0, 0.1) is 6.92 Å². The van der Waals surface area contributed by atoms with E-state index in [4.69, 9.17) is 0 Å². The fourth-order valence-corrected chi connectivity index (χ4v) is 2.77. The number of hydrogen-bond donors (Lipinski definition) is 2. The molecule has 3 rings (SSSR count). The Labute approximate surface area is 143 Å². The lowest BCUT2D eigenvalue weighted by Gasteiger charge is -2.20. The second kappa shape index (κ2) is 6.23. The minimum atomic E-state index is -3.11. The van der Waals surface area contributed by atoms with Crippen molar-refractivity contribution in [3.8, 4) is 0 Å². The third kappa shape index (κ3) is 3.65. The maximum Gasteiger partial charge on any atom is 0.286 e. The zero-order valence-corrected chi connectivity index (χ0v) is 13.8. The van der Waals surface area contributed by atoms with Crippen LogP contribution in [0.5, 0.6) is 0 Å². The number of aromatic nitrogens is 1. The summed E-state index contributed by atoms with van der Waals surface area (Å²) in [5.74, 6) is -3.64. The molecule has 2 heterocycles. The summed E-state index contributed by atoms with van der Waals surface area (Å²) in [7, 11) is 0. The summed E-state index contributed by atoms with van der Waals surface area (Å²) in [6.07, 6.45) is 2.17. The first kappa shape index (κ1) is 17.0. The van der Waals surface area contributed by atoms with E-state index in [0.29, 0.717) is 18.5 Å². The highest BCUT2D eigenvalue weighted by Crippen LogP contribution is 2.30. The van der Waals surface area contributed by atoms with Crippen molar-refractivity contribution in [2.45, 2.75) is 32.6 Å². The number of pyridine rings is 1. The molecule has 7 heteroatoms. The lowest BCUT2D eigenvalue weighted by Crippen LogP contribution is -2.21. The molecule has 0 bridgehead atoms. The summed E-state index contributed by atoms with van der Waals surface area (Å²) in [4.78, 5) is 27.5. The van der Waals surface area contributed by atoms with Gasteiger partial charge in [0.2, 0.25) is 5.91 Å². The highest BCUT2D eigenvalue weighted by atomic mass is 19.3. The van der Waals surface area contributed by atoms with Crippen LogP contribution in [0.3, 0.4) is 0 Å². The lowest BCUT2D eigenvalue weighted by molar-refractivity contribution is -0.116. The molecule has 1 aromatic carbocycles. The Morgan fingerprint density at radius 1 is 1.28 bits per heavy atom. The molecule has 2 N–H and O–H groups in total. The standard InChI is InChI=1S/C18H17F2N3O2/c1-10-7-13(8-11-3-4-15(24)23-16(10)11)22-17(25)12-5-6-21-14(9-12)18(2,19)20/h5-9H,3-4H2,1-2H3,(H,22,25)(H,23,24). The van der Waals surface area contributed by atoms with Crippen LogP contribution < -0.4 is 10.6 Å². The monoisotopic (exact) mass is 345 g/mol. The predicted octanol–water partition coefficient (Wildman–Crippen LogP) is 3.64. The SMILES string of the molecule is Cc1cc(NC(=O)c2ccnc(C(C)(F)F)c2)cc2c1NC(=O)CC2. The second-order valence-electron chi connectivity index (χ2n) is 6.15. The summed E-state index contributed by atoms with van der Waals surface area (Å²) in [5, 5.41) is 5.54. The van der Waals surface area contributed by atoms with Gasteiger partial charge in [-0.25, -0.2) is 0 Å². The van der Waals surface area contributed by atoms with Gasteiger partial charge in [-0.1, -0.05) is 0 Å². The number of benzene rings is 1. The Hall–Kier alpha value is -2.83. The number of hydrogen-bond acceptors (Lipinski definition) is 3. The van der Waals surface area contributed by atoms with Crippen LogP contribution in [0.4, 0.5) is 20.2 Å². The molecule has 1 aliphatic rings. The third-order valence-electron chi connectivity index (χ3n) is 4.03. The maximum atomic E-state index is 13.4. The van der Waals surface area contributed by atoms with Gasteiger partial charge in [0, 0.05) is 36.5 Å². The van der Waals surface area contributed by atoms with Crippen LogP contribution in [0.1, 0.15) is 40.5 Å². The summed E-state index contributed by atoms with van der Waals surface area (Å²) < 4.78 is 26.7. The van der Waals surface area contributed by atoms with Gasteiger partial charge < -0.3 is 10.6 Å². The zero-order chi connectivity index (χ0) is 18.2. The Bertz CT molecular complexity index is 860. The number of amides is 2. The minimum absolute atomic E-state index is 0.0304. The Balaban J connectivity index is 1.85. The number of carbonyl (C=O) groups is 2. The van der Waals surface area contributed by atoms with E-state index in [2.05, 4.69) is 15.6 Å². The molecule has 2 amide bonds. The van der Waals surface area contributed by atoms with E-state index in [0.717, 1.165) is 29.8 Å². The molecule has 130 valence electrons. The number of nitrogens with one attached hydrogen (secondary N) is 2. The third-order valence-corrected chi connectivity index (χ3v) is 4.03. The Kier molecular flexibility index (Phi) is 4.24. The van der Waals surface area contributed by atoms with Gasteiger partial charge in [-0.3, -0.25) is 14.6 Å². The highest BCUT2D eigenvalue weighted by molar-refractivity contribution is 6.05. The molecule has 2 aromatic rings. The molecule has 0 atom stereocenters. The normalized spacial score (nSPS) is 13.8. The number of rotatable bonds is 3. The molecule has 0 aliphatic carbocycles. The number of carbonyl (C=O) groups excluding carboxylic acids is 2. The van der Waals surface area contributed by atoms with Crippen molar-refractivity contribution in [3.05, 3.63) is 52.8 Å². The molecule has 0 fully saturated rings. The first-order valence-corrected chi connectivity index (χ1v) is 7.83. The van der Waals surface area contributed by atoms with Gasteiger partial charge in [-0.2, -0.15) is 8.78 Å². The van der Waals surface area contributed by atoms with Crippen LogP contribution in [0.25, 0.3) is 0 Å². The first-order valence-electron chi connectivity index (χ1n) is 7.83. The summed E-state index contributed by atoms with van der Waals surface area (Å²) in [6, 6.07) is 5.99. The van der Waals surface area contributed by atoms with Gasteiger partial charge in [0.1, 0.15) is 5.69 Å². The van der Waals surface area contributed by atoms with Crippen LogP contribution in [0.2, 0.25) is 0 Å². The predicted molar refractivity (Wildman–Crippen MR) is 89.9 cm³/mol. The summed E-state index contributed by atoms with van der Waals surface area (Å²) in [6.45, 7) is 2.57. The molecule has 0 saturated heterocycles. The number of aryl methyl sites for hydroxylation is 2. The molecule has 1 aromatic heterocycles. The molecule has 1 aliphatic heterocycles. The summed E-state index contributed by atoms with van der Waals surface area (Å²) >= 11 is 0. The quantitative estimate of drug-likeness (QED) is 0.892. The van der Waals surface area contributed by atoms with E-state index in [1.165, 1.54) is 12.3 Å². The summed E-state index contributed by atoms with van der Waals surface area (Å²) in [5.41, 5.74) is 2.74. The van der Waals surface area contributed by atoms with Crippen LogP contribution in [-0.2, 0) is 17.1 Å². The van der Waals surface area contributed by atoms with Gasteiger partial charge in [0.05, 0.1) is 0 Å². The first-order chi connectivity index (χ1) is 11.7. The van der Waals surface area contributed by atoms with E-state index in [1.807, 2.05) is 6.92 Å². The number of nitrogens with zero attached hydrogens (tertiary/aromatic N) is 1. The van der Waals surface area contributed by atoms with Gasteiger partial charge >= 0.3 is 0 Å². The van der Waals surface area contributed by atoms with Crippen molar-refractivity contribution in [2.75, 3.05) is 10.6 Å². The molecule has 0 saturated carbocycles. The molecular weight excluding hydrogens is 328 g/mol. The molecular formula is C18H17F2N3O2. The fourth-order valence-electron chi connectivity index (χ4n) is 2.77. The second-order valence-corrected chi connectivity index (χ2v) is 6.15. The molecule has 25 heavy (non-hydrogen) atoms. The van der Waals surface area contributed by atoms with Crippen molar-refractivity contribution in [3.63, 3.8) is 0 Å². The van der Waals surface area contributed by atoms with E-state index in [-0.39, 0.29) is 11.5 Å². The highest BCUT2D eigenvalue weighted by Gasteiger charge is 2.27. The number of anilines is 2. The van der Waals surface area contributed by atoms with Crippen molar-refractivity contribution < 1.29 is 18.4 Å². The average Bonchev–Trinajstić information content (AvgIpc) is 2.55. The Morgan fingerprint density at radius 3 is 2.76 bits per heavy atom. The van der Waals surface area contributed by atoms with E-state index in [1.54, 1.807) is 12.1 Å². The molecule has 5 nitrogen and oxygen atoms in total. The fraction of sp³-hybridized carbons (Fsp3) is 0.278. The zero-order valence-electron chi connectivity index (χ0n) is 13.8. The van der Waals surface area contributed by atoms with E-state index < -0.39 is 17.5 Å². The number of halogens is 2. The smallest absolute Gasteiger partial charge is 0.286 e. The van der Waals surface area contributed by atoms with Crippen molar-refractivity contribution in [2.24, 2.45) is 0 Å². The lowest BCUT2D eigenvalue weighted by atomic mass is 9.98. The van der Waals surface area contributed by atoms with Crippen molar-refractivity contribution in [1.29, 1.82) is 0 Å². The molecule has 0 radical (unpaired) electrons. The van der Waals surface area contributed by atoms with Gasteiger partial charge in [-0.15, -0.1) is 0 Å². The van der Waals surface area contributed by atoms with Crippen molar-refractivity contribution in [1.82, 2.24) is 4.98 Å². The molecule has 0 spiro atoms. The number of fused-ring (bicyclic) bond motifs is 1. The van der Waals surface area contributed by atoms with Crippen LogP contribution >= 0.6 is 0 Å². The average molecular weight is 345 g/mol. The minimum Gasteiger partial charge on any atom is -0.326 e. The van der Waals surface area contributed by atoms with Gasteiger partial charge in [-0.05, 0) is 48.7 Å². The van der Waals surface area contributed by atoms with Crippen LogP contribution in [0.15, 0.2) is 30.5 Å².